The smallest absolute Gasteiger partial charge is 0.271 e. The van der Waals surface area contributed by atoms with Crippen LogP contribution >= 0.6 is 0 Å². The molecule has 2 nitrogen and oxygen atoms in total. The van der Waals surface area contributed by atoms with Crippen molar-refractivity contribution in [2.24, 2.45) is 5.84 Å². The van der Waals surface area contributed by atoms with Crippen molar-refractivity contribution in [2.45, 2.75) is 19.1 Å². The maximum absolute atomic E-state index is 13.2. The summed E-state index contributed by atoms with van der Waals surface area (Å²) in [7, 11) is 0. The fourth-order valence-electron chi connectivity index (χ4n) is 2.32. The summed E-state index contributed by atoms with van der Waals surface area (Å²) in [4.78, 5) is 0. The van der Waals surface area contributed by atoms with Crippen molar-refractivity contribution in [3.8, 4) is 0 Å². The van der Waals surface area contributed by atoms with E-state index in [9.17, 15) is 17.6 Å². The Morgan fingerprint density at radius 2 is 1.71 bits per heavy atom. The van der Waals surface area contributed by atoms with Gasteiger partial charge < -0.3 is 0 Å². The first-order chi connectivity index (χ1) is 9.84. The summed E-state index contributed by atoms with van der Waals surface area (Å²) < 4.78 is 52.4. The van der Waals surface area contributed by atoms with Gasteiger partial charge in [-0.15, -0.1) is 0 Å². The van der Waals surface area contributed by atoms with E-state index in [1.54, 1.807) is 6.92 Å². The van der Waals surface area contributed by atoms with Gasteiger partial charge in [-0.3, -0.25) is 5.84 Å². The molecule has 0 saturated heterocycles. The molecule has 0 bridgehead atoms. The van der Waals surface area contributed by atoms with E-state index >= 15 is 0 Å². The molecular formula is C15H14F4N2. The molecule has 0 amide bonds. The summed E-state index contributed by atoms with van der Waals surface area (Å²) in [6, 6.07) is 8.20. The molecule has 1 unspecified atom stereocenters. The largest absolute Gasteiger partial charge is 0.416 e. The van der Waals surface area contributed by atoms with Crippen molar-refractivity contribution in [3.05, 3.63) is 70.5 Å². The molecule has 0 aromatic heterocycles. The first kappa shape index (κ1) is 15.5. The molecule has 2 aromatic rings. The van der Waals surface area contributed by atoms with Crippen molar-refractivity contribution in [2.75, 3.05) is 0 Å². The molecule has 0 radical (unpaired) electrons. The minimum Gasteiger partial charge on any atom is -0.271 e. The highest BCUT2D eigenvalue weighted by Gasteiger charge is 2.35. The van der Waals surface area contributed by atoms with Crippen molar-refractivity contribution in [1.82, 2.24) is 5.43 Å². The Morgan fingerprint density at radius 3 is 2.29 bits per heavy atom. The number of nitrogens with two attached hydrogens (primary N) is 1. The lowest BCUT2D eigenvalue weighted by atomic mass is 9.92. The van der Waals surface area contributed by atoms with E-state index < -0.39 is 23.6 Å². The van der Waals surface area contributed by atoms with Crippen LogP contribution in [0.5, 0.6) is 0 Å². The third kappa shape index (κ3) is 3.22. The Labute approximate surface area is 119 Å². The monoisotopic (exact) mass is 298 g/mol. The van der Waals surface area contributed by atoms with Crippen molar-refractivity contribution >= 4 is 0 Å². The summed E-state index contributed by atoms with van der Waals surface area (Å²) in [6.07, 6.45) is -4.49. The van der Waals surface area contributed by atoms with E-state index in [4.69, 9.17) is 5.84 Å². The van der Waals surface area contributed by atoms with Crippen molar-refractivity contribution in [3.63, 3.8) is 0 Å². The van der Waals surface area contributed by atoms with Crippen LogP contribution in [0.1, 0.15) is 28.3 Å². The molecular weight excluding hydrogens is 284 g/mol. The van der Waals surface area contributed by atoms with Crippen LogP contribution in [0.4, 0.5) is 17.6 Å². The van der Waals surface area contributed by atoms with Gasteiger partial charge in [0.15, 0.2) is 0 Å². The first-order valence-electron chi connectivity index (χ1n) is 6.23. The Balaban J connectivity index is 2.57. The zero-order valence-corrected chi connectivity index (χ0v) is 11.2. The van der Waals surface area contributed by atoms with E-state index in [0.717, 1.165) is 6.07 Å². The minimum absolute atomic E-state index is 0.00204. The number of alkyl halides is 3. The molecule has 0 heterocycles. The van der Waals surface area contributed by atoms with Crippen molar-refractivity contribution < 1.29 is 17.6 Å². The zero-order valence-electron chi connectivity index (χ0n) is 11.2. The van der Waals surface area contributed by atoms with E-state index in [2.05, 4.69) is 5.43 Å². The predicted octanol–water partition coefficient (Wildman–Crippen LogP) is 3.71. The van der Waals surface area contributed by atoms with Gasteiger partial charge in [0.1, 0.15) is 5.82 Å². The van der Waals surface area contributed by atoms with Gasteiger partial charge in [-0.1, -0.05) is 24.3 Å². The third-order valence-corrected chi connectivity index (χ3v) is 3.29. The fourth-order valence-corrected chi connectivity index (χ4v) is 2.32. The molecule has 0 saturated carbocycles. The molecule has 6 heteroatoms. The average Bonchev–Trinajstić information content (AvgIpc) is 2.41. The summed E-state index contributed by atoms with van der Waals surface area (Å²) >= 11 is 0. The number of benzene rings is 2. The summed E-state index contributed by atoms with van der Waals surface area (Å²) in [5.74, 6) is 5.00. The lowest BCUT2D eigenvalue weighted by Crippen LogP contribution is -2.31. The minimum atomic E-state index is -4.49. The van der Waals surface area contributed by atoms with Gasteiger partial charge >= 0.3 is 6.18 Å². The van der Waals surface area contributed by atoms with E-state index in [1.165, 1.54) is 36.4 Å². The molecule has 112 valence electrons. The number of aryl methyl sites for hydroxylation is 1. The van der Waals surface area contributed by atoms with Gasteiger partial charge in [0, 0.05) is 0 Å². The highest BCUT2D eigenvalue weighted by Crippen LogP contribution is 2.36. The maximum Gasteiger partial charge on any atom is 0.416 e. The van der Waals surface area contributed by atoms with Gasteiger partial charge in [0.2, 0.25) is 0 Å². The molecule has 2 rings (SSSR count). The Hall–Kier alpha value is -1.92. The van der Waals surface area contributed by atoms with Crippen LogP contribution in [-0.2, 0) is 6.18 Å². The average molecular weight is 298 g/mol. The Bertz CT molecular complexity index is 638. The molecule has 0 fully saturated rings. The number of rotatable bonds is 3. The molecule has 0 aliphatic carbocycles. The summed E-state index contributed by atoms with van der Waals surface area (Å²) in [5, 5.41) is 0. The number of nitrogens with one attached hydrogen (secondary N) is 1. The van der Waals surface area contributed by atoms with Crippen molar-refractivity contribution in [1.29, 1.82) is 0 Å². The van der Waals surface area contributed by atoms with Crippen LogP contribution in [0, 0.1) is 12.7 Å². The van der Waals surface area contributed by atoms with Gasteiger partial charge in [0.05, 0.1) is 11.6 Å². The maximum atomic E-state index is 13.2. The van der Waals surface area contributed by atoms with Gasteiger partial charge in [-0.05, 0) is 41.8 Å². The lowest BCUT2D eigenvalue weighted by Gasteiger charge is -2.23. The van der Waals surface area contributed by atoms with E-state index in [1.807, 2.05) is 0 Å². The normalized spacial score (nSPS) is 13.2. The van der Waals surface area contributed by atoms with Crippen LogP contribution in [-0.4, -0.2) is 0 Å². The molecule has 3 N–H and O–H groups in total. The second-order valence-corrected chi connectivity index (χ2v) is 4.69. The Morgan fingerprint density at radius 1 is 1.05 bits per heavy atom. The molecule has 2 aromatic carbocycles. The van der Waals surface area contributed by atoms with Crippen LogP contribution in [0.2, 0.25) is 0 Å². The predicted molar refractivity (Wildman–Crippen MR) is 71.7 cm³/mol. The molecule has 0 aliphatic heterocycles. The van der Waals surface area contributed by atoms with Gasteiger partial charge in [-0.25, -0.2) is 9.82 Å². The van der Waals surface area contributed by atoms with E-state index in [0.29, 0.717) is 11.1 Å². The van der Waals surface area contributed by atoms with Gasteiger partial charge in [0.25, 0.3) is 0 Å². The van der Waals surface area contributed by atoms with E-state index in [-0.39, 0.29) is 5.56 Å². The van der Waals surface area contributed by atoms with Crippen LogP contribution in [0.25, 0.3) is 0 Å². The molecule has 0 spiro atoms. The first-order valence-corrected chi connectivity index (χ1v) is 6.23. The number of halogens is 4. The quantitative estimate of drug-likeness (QED) is 0.515. The third-order valence-electron chi connectivity index (χ3n) is 3.29. The lowest BCUT2D eigenvalue weighted by molar-refractivity contribution is -0.138. The topological polar surface area (TPSA) is 38.0 Å². The highest BCUT2D eigenvalue weighted by molar-refractivity contribution is 5.41. The molecule has 1 atom stereocenters. The highest BCUT2D eigenvalue weighted by atomic mass is 19.4. The number of hydrazine groups is 1. The summed E-state index contributed by atoms with van der Waals surface area (Å²) in [5.41, 5.74) is 2.64. The Kier molecular flexibility index (Phi) is 4.29. The SMILES string of the molecule is Cc1cc(F)ccc1C(NN)c1ccccc1C(F)(F)F. The fraction of sp³-hybridized carbons (Fsp3) is 0.200. The van der Waals surface area contributed by atoms with Crippen LogP contribution in [0.3, 0.4) is 0 Å². The molecule has 21 heavy (non-hydrogen) atoms. The van der Waals surface area contributed by atoms with Crippen LogP contribution in [0.15, 0.2) is 42.5 Å². The zero-order chi connectivity index (χ0) is 15.6. The summed E-state index contributed by atoms with van der Waals surface area (Å²) in [6.45, 7) is 1.62. The molecule has 0 aliphatic rings. The second kappa shape index (κ2) is 5.83. The van der Waals surface area contributed by atoms with Gasteiger partial charge in [-0.2, -0.15) is 13.2 Å². The standard InChI is InChI=1S/C15H14F4N2/c1-9-8-10(16)6-7-11(9)14(21-20)12-4-2-3-5-13(12)15(17,18)19/h2-8,14,21H,20H2,1H3. The number of hydrogen-bond acceptors (Lipinski definition) is 2. The number of hydrogen-bond donors (Lipinski definition) is 2. The van der Waals surface area contributed by atoms with Crippen LogP contribution < -0.4 is 11.3 Å². The second-order valence-electron chi connectivity index (χ2n) is 4.69.